The molecular formula is C30H24FN3O. The van der Waals surface area contributed by atoms with Crippen molar-refractivity contribution in [2.24, 2.45) is 0 Å². The molecular weight excluding hydrogens is 437 g/mol. The van der Waals surface area contributed by atoms with E-state index in [-0.39, 0.29) is 18.1 Å². The molecule has 4 nitrogen and oxygen atoms in total. The quantitative estimate of drug-likeness (QED) is 0.305. The van der Waals surface area contributed by atoms with Crippen LogP contribution in [0.25, 0.3) is 22.0 Å². The summed E-state index contributed by atoms with van der Waals surface area (Å²) in [5, 5.41) is 5.20. The van der Waals surface area contributed by atoms with Crippen molar-refractivity contribution in [2.45, 2.75) is 19.3 Å². The van der Waals surface area contributed by atoms with Crippen molar-refractivity contribution in [3.8, 4) is 11.3 Å². The Labute approximate surface area is 203 Å². The van der Waals surface area contributed by atoms with Gasteiger partial charge in [0.2, 0.25) is 5.91 Å². The zero-order valence-corrected chi connectivity index (χ0v) is 19.1. The largest absolute Gasteiger partial charge is 0.309 e. The molecule has 0 spiro atoms. The highest BCUT2D eigenvalue weighted by Crippen LogP contribution is 2.22. The number of benzene rings is 4. The summed E-state index contributed by atoms with van der Waals surface area (Å²) in [6.07, 6.45) is 3.23. The van der Waals surface area contributed by atoms with Gasteiger partial charge >= 0.3 is 0 Å². The van der Waals surface area contributed by atoms with Crippen LogP contribution < -0.4 is 5.32 Å². The van der Waals surface area contributed by atoms with Gasteiger partial charge in [0.05, 0.1) is 24.0 Å². The second-order valence-electron chi connectivity index (χ2n) is 8.45. The molecule has 0 aliphatic heterocycles. The molecule has 0 aliphatic rings. The first-order valence-electron chi connectivity index (χ1n) is 11.6. The fraction of sp³-hybridized carbons (Fsp3) is 0.100. The summed E-state index contributed by atoms with van der Waals surface area (Å²) < 4.78 is 13.4. The number of nitrogens with zero attached hydrogens (tertiary/aromatic N) is 2. The summed E-state index contributed by atoms with van der Waals surface area (Å²) in [4.78, 5) is 22.2. The SMILES string of the molecule is O=C(Cc1ccc2ccccc2c1)Nc1ncc(-c2ccc(F)cc2)nc1CCc1ccccc1. The Bertz CT molecular complexity index is 1470. The van der Waals surface area contributed by atoms with E-state index in [9.17, 15) is 9.18 Å². The highest BCUT2D eigenvalue weighted by molar-refractivity contribution is 5.93. The summed E-state index contributed by atoms with van der Waals surface area (Å²) in [5.74, 6) is 0.00578. The first-order valence-corrected chi connectivity index (χ1v) is 11.6. The Hall–Kier alpha value is -4.38. The minimum atomic E-state index is -0.302. The molecule has 0 saturated carbocycles. The van der Waals surface area contributed by atoms with Crippen molar-refractivity contribution in [1.29, 1.82) is 0 Å². The molecule has 1 heterocycles. The number of hydrogen-bond acceptors (Lipinski definition) is 3. The number of carbonyl (C=O) groups excluding carboxylic acids is 1. The molecule has 1 aromatic heterocycles. The summed E-state index contributed by atoms with van der Waals surface area (Å²) in [6, 6.07) is 30.4. The van der Waals surface area contributed by atoms with Crippen LogP contribution in [0.4, 0.5) is 10.2 Å². The minimum absolute atomic E-state index is 0.148. The topological polar surface area (TPSA) is 54.9 Å². The maximum absolute atomic E-state index is 13.4. The lowest BCUT2D eigenvalue weighted by molar-refractivity contribution is -0.115. The molecule has 4 aromatic carbocycles. The third kappa shape index (κ3) is 5.58. The van der Waals surface area contributed by atoms with Gasteiger partial charge in [0.25, 0.3) is 0 Å². The van der Waals surface area contributed by atoms with Gasteiger partial charge in [-0.15, -0.1) is 0 Å². The maximum Gasteiger partial charge on any atom is 0.229 e. The summed E-state index contributed by atoms with van der Waals surface area (Å²) in [5.41, 5.74) is 4.22. The highest BCUT2D eigenvalue weighted by Gasteiger charge is 2.13. The molecule has 5 rings (SSSR count). The van der Waals surface area contributed by atoms with Crippen molar-refractivity contribution < 1.29 is 9.18 Å². The molecule has 1 N–H and O–H groups in total. The van der Waals surface area contributed by atoms with Gasteiger partial charge in [0.15, 0.2) is 5.82 Å². The number of halogens is 1. The van der Waals surface area contributed by atoms with Gasteiger partial charge in [-0.25, -0.2) is 14.4 Å². The van der Waals surface area contributed by atoms with Crippen molar-refractivity contribution in [1.82, 2.24) is 9.97 Å². The lowest BCUT2D eigenvalue weighted by Gasteiger charge is -2.12. The van der Waals surface area contributed by atoms with Crippen LogP contribution in [0.15, 0.2) is 103 Å². The predicted molar refractivity (Wildman–Crippen MR) is 138 cm³/mol. The van der Waals surface area contributed by atoms with Crippen LogP contribution in [-0.2, 0) is 24.1 Å². The predicted octanol–water partition coefficient (Wildman–Crippen LogP) is 6.40. The van der Waals surface area contributed by atoms with Gasteiger partial charge in [-0.2, -0.15) is 0 Å². The van der Waals surface area contributed by atoms with E-state index in [1.807, 2.05) is 54.6 Å². The minimum Gasteiger partial charge on any atom is -0.309 e. The van der Waals surface area contributed by atoms with Crippen LogP contribution >= 0.6 is 0 Å². The van der Waals surface area contributed by atoms with E-state index in [2.05, 4.69) is 28.5 Å². The monoisotopic (exact) mass is 461 g/mol. The van der Waals surface area contributed by atoms with E-state index in [4.69, 9.17) is 4.98 Å². The fourth-order valence-electron chi connectivity index (χ4n) is 4.08. The Morgan fingerprint density at radius 2 is 1.51 bits per heavy atom. The molecule has 0 unspecified atom stereocenters. The second kappa shape index (κ2) is 10.3. The van der Waals surface area contributed by atoms with E-state index in [0.717, 1.165) is 28.3 Å². The van der Waals surface area contributed by atoms with E-state index in [0.29, 0.717) is 23.6 Å². The van der Waals surface area contributed by atoms with E-state index in [1.165, 1.54) is 17.7 Å². The van der Waals surface area contributed by atoms with Crippen molar-refractivity contribution in [3.63, 3.8) is 0 Å². The van der Waals surface area contributed by atoms with Gasteiger partial charge in [0.1, 0.15) is 5.82 Å². The molecule has 0 aliphatic carbocycles. The molecule has 172 valence electrons. The molecule has 0 saturated heterocycles. The molecule has 0 atom stereocenters. The van der Waals surface area contributed by atoms with Gasteiger partial charge in [0, 0.05) is 5.56 Å². The summed E-state index contributed by atoms with van der Waals surface area (Å²) >= 11 is 0. The molecule has 1 amide bonds. The lowest BCUT2D eigenvalue weighted by Crippen LogP contribution is -2.17. The molecule has 0 bridgehead atoms. The lowest BCUT2D eigenvalue weighted by atomic mass is 10.0. The average molecular weight is 462 g/mol. The number of aryl methyl sites for hydroxylation is 2. The number of rotatable bonds is 7. The zero-order chi connectivity index (χ0) is 24.0. The first-order chi connectivity index (χ1) is 17.1. The Kier molecular flexibility index (Phi) is 6.57. The fourth-order valence-corrected chi connectivity index (χ4v) is 4.08. The number of hydrogen-bond donors (Lipinski definition) is 1. The summed E-state index contributed by atoms with van der Waals surface area (Å²) in [7, 11) is 0. The third-order valence-corrected chi connectivity index (χ3v) is 5.91. The normalized spacial score (nSPS) is 10.9. The van der Waals surface area contributed by atoms with E-state index < -0.39 is 0 Å². The van der Waals surface area contributed by atoms with Crippen molar-refractivity contribution >= 4 is 22.5 Å². The first kappa shape index (κ1) is 22.4. The number of anilines is 1. The van der Waals surface area contributed by atoms with Crippen molar-refractivity contribution in [2.75, 3.05) is 5.32 Å². The van der Waals surface area contributed by atoms with Crippen LogP contribution in [-0.4, -0.2) is 15.9 Å². The molecule has 5 heteroatoms. The number of aromatic nitrogens is 2. The summed E-state index contributed by atoms with van der Waals surface area (Å²) in [6.45, 7) is 0. The number of nitrogens with one attached hydrogen (secondary N) is 1. The number of carbonyl (C=O) groups is 1. The number of amides is 1. The second-order valence-corrected chi connectivity index (χ2v) is 8.45. The van der Waals surface area contributed by atoms with Crippen LogP contribution in [0.5, 0.6) is 0 Å². The van der Waals surface area contributed by atoms with Gasteiger partial charge in [-0.05, 0) is 59.0 Å². The molecule has 35 heavy (non-hydrogen) atoms. The average Bonchev–Trinajstić information content (AvgIpc) is 2.89. The van der Waals surface area contributed by atoms with E-state index >= 15 is 0 Å². The Morgan fingerprint density at radius 3 is 2.31 bits per heavy atom. The molecule has 0 fully saturated rings. The van der Waals surface area contributed by atoms with Crippen LogP contribution in [0.3, 0.4) is 0 Å². The van der Waals surface area contributed by atoms with Gasteiger partial charge in [-0.3, -0.25) is 4.79 Å². The van der Waals surface area contributed by atoms with Crippen LogP contribution in [0.2, 0.25) is 0 Å². The smallest absolute Gasteiger partial charge is 0.229 e. The molecule has 0 radical (unpaired) electrons. The van der Waals surface area contributed by atoms with Gasteiger partial charge < -0.3 is 5.32 Å². The highest BCUT2D eigenvalue weighted by atomic mass is 19.1. The maximum atomic E-state index is 13.4. The third-order valence-electron chi connectivity index (χ3n) is 5.91. The standard InChI is InChI=1S/C30H24FN3O/c31-26-15-13-24(14-16-26)28-20-32-30(27(33-28)17-11-21-6-2-1-3-7-21)34-29(35)19-22-10-12-23-8-4-5-9-25(23)18-22/h1-10,12-16,18,20H,11,17,19H2,(H,32,34,35). The zero-order valence-electron chi connectivity index (χ0n) is 19.1. The van der Waals surface area contributed by atoms with E-state index in [1.54, 1.807) is 18.3 Å². The van der Waals surface area contributed by atoms with Crippen LogP contribution in [0, 0.1) is 5.82 Å². The van der Waals surface area contributed by atoms with Gasteiger partial charge in [-0.1, -0.05) is 72.8 Å². The van der Waals surface area contributed by atoms with Crippen molar-refractivity contribution in [3.05, 3.63) is 126 Å². The molecule has 5 aromatic rings. The Balaban J connectivity index is 1.38. The van der Waals surface area contributed by atoms with Crippen LogP contribution in [0.1, 0.15) is 16.8 Å². The Morgan fingerprint density at radius 1 is 0.771 bits per heavy atom. The number of fused-ring (bicyclic) bond motifs is 1.